The average molecular weight is 718 g/mol. The van der Waals surface area contributed by atoms with E-state index in [4.69, 9.17) is 9.41 Å². The molecule has 54 heavy (non-hydrogen) atoms. The fourth-order valence-electron chi connectivity index (χ4n) is 8.51. The van der Waals surface area contributed by atoms with Gasteiger partial charge in [0.2, 0.25) is 0 Å². The molecule has 0 spiro atoms. The van der Waals surface area contributed by atoms with E-state index in [1.165, 1.54) is 65.9 Å². The highest BCUT2D eigenvalue weighted by atomic mass is 32.1. The van der Waals surface area contributed by atoms with E-state index in [1.54, 1.807) is 0 Å². The third-order valence-electron chi connectivity index (χ3n) is 10.5. The summed E-state index contributed by atoms with van der Waals surface area (Å²) in [7, 11) is 1.50. The maximum atomic E-state index is 7.03. The van der Waals surface area contributed by atoms with Gasteiger partial charge in [0.15, 0.2) is 5.58 Å². The quantitative estimate of drug-likeness (QED) is 0.184. The van der Waals surface area contributed by atoms with Crippen LogP contribution in [0.25, 0.3) is 86.1 Å². The van der Waals surface area contributed by atoms with Crippen LogP contribution < -0.4 is 5.73 Å². The van der Waals surface area contributed by atoms with E-state index in [0.29, 0.717) is 0 Å². The van der Waals surface area contributed by atoms with Crippen molar-refractivity contribution in [2.24, 2.45) is 10.7 Å². The molecule has 0 bridgehead atoms. The number of aromatic nitrogens is 1. The maximum absolute atomic E-state index is 7.03. The van der Waals surface area contributed by atoms with Crippen LogP contribution in [0.4, 0.5) is 5.69 Å². The van der Waals surface area contributed by atoms with Crippen LogP contribution in [0, 0.1) is 0 Å². The summed E-state index contributed by atoms with van der Waals surface area (Å²) in [5.41, 5.74) is 10.7. The molecule has 3 aromatic heterocycles. The topological polar surface area (TPSA) is 56.5 Å². The van der Waals surface area contributed by atoms with Crippen molar-refractivity contribution in [3.05, 3.63) is 162 Å². The molecule has 0 saturated heterocycles. The summed E-state index contributed by atoms with van der Waals surface area (Å²) in [5, 5.41) is 13.0. The Morgan fingerprint density at radius 2 is 1.13 bits per heavy atom. The number of thiophene rings is 1. The number of rotatable bonds is 4. The highest BCUT2D eigenvalue weighted by molar-refractivity contribution is 7.19. The molecule has 0 fully saturated rings. The zero-order valence-electron chi connectivity index (χ0n) is 30.5. The first-order valence-electron chi connectivity index (χ1n) is 18.5. The molecule has 0 aliphatic carbocycles. The zero-order valence-corrected chi connectivity index (χ0v) is 31.3. The van der Waals surface area contributed by atoms with Crippen molar-refractivity contribution in [1.82, 2.24) is 4.57 Å². The normalized spacial score (nSPS) is 12.1. The van der Waals surface area contributed by atoms with Gasteiger partial charge in [-0.25, -0.2) is 0 Å². The van der Waals surface area contributed by atoms with E-state index >= 15 is 0 Å². The fraction of sp³-hybridized carbons (Fsp3) is 0.0816. The number of nitrogens with zero attached hydrogens (tertiary/aromatic N) is 2. The van der Waals surface area contributed by atoms with Gasteiger partial charge in [-0.15, -0.1) is 11.3 Å². The van der Waals surface area contributed by atoms with Gasteiger partial charge in [0.1, 0.15) is 5.58 Å². The summed E-state index contributed by atoms with van der Waals surface area (Å²) >= 11 is 1.81. The Hall–Kier alpha value is -6.27. The molecule has 0 aliphatic heterocycles. The number of fused-ring (bicyclic) bond motifs is 14. The number of furan rings is 1. The molecule has 11 rings (SSSR count). The molecule has 262 valence electrons. The number of hydrogen-bond acceptors (Lipinski definition) is 4. The van der Waals surface area contributed by atoms with E-state index in [-0.39, 0.29) is 6.04 Å². The molecule has 0 amide bonds. The largest absolute Gasteiger partial charge is 0.454 e. The van der Waals surface area contributed by atoms with Gasteiger partial charge in [-0.05, 0) is 58.4 Å². The van der Waals surface area contributed by atoms with Crippen LogP contribution in [-0.4, -0.2) is 18.3 Å². The minimum Gasteiger partial charge on any atom is -0.454 e. The molecule has 3 heterocycles. The van der Waals surface area contributed by atoms with Gasteiger partial charge in [-0.2, -0.15) is 0 Å². The monoisotopic (exact) mass is 717 g/mol. The summed E-state index contributed by atoms with van der Waals surface area (Å²) in [4.78, 5) is 5.94. The van der Waals surface area contributed by atoms with Crippen LogP contribution in [0.1, 0.15) is 30.3 Å². The van der Waals surface area contributed by atoms with E-state index in [0.717, 1.165) is 43.4 Å². The van der Waals surface area contributed by atoms with Crippen LogP contribution in [0.15, 0.2) is 161 Å². The second-order valence-corrected chi connectivity index (χ2v) is 14.1. The van der Waals surface area contributed by atoms with E-state index in [1.807, 2.05) is 25.2 Å². The van der Waals surface area contributed by atoms with Crippen molar-refractivity contribution < 1.29 is 4.42 Å². The third-order valence-corrected chi connectivity index (χ3v) is 11.8. The van der Waals surface area contributed by atoms with Crippen molar-refractivity contribution in [2.45, 2.75) is 19.9 Å². The lowest BCUT2D eigenvalue weighted by molar-refractivity contribution is 0.665. The second-order valence-electron chi connectivity index (χ2n) is 13.1. The smallest absolute Gasteiger partial charge is 0.160 e. The van der Waals surface area contributed by atoms with Crippen LogP contribution in [-0.2, 0) is 0 Å². The summed E-state index contributed by atoms with van der Waals surface area (Å²) in [6.45, 7) is 8.16. The first kappa shape index (κ1) is 33.6. The Balaban J connectivity index is 0.000000932. The molecule has 1 unspecified atom stereocenters. The van der Waals surface area contributed by atoms with Crippen LogP contribution in [0.2, 0.25) is 0 Å². The Morgan fingerprint density at radius 1 is 0.556 bits per heavy atom. The van der Waals surface area contributed by atoms with E-state index < -0.39 is 0 Å². The van der Waals surface area contributed by atoms with Gasteiger partial charge in [-0.3, -0.25) is 4.99 Å². The number of benzene rings is 8. The Kier molecular flexibility index (Phi) is 8.46. The second kappa shape index (κ2) is 13.6. The van der Waals surface area contributed by atoms with Crippen LogP contribution >= 0.6 is 11.3 Å². The van der Waals surface area contributed by atoms with Crippen molar-refractivity contribution >= 4 is 110 Å². The fourth-order valence-corrected chi connectivity index (χ4v) is 9.79. The third kappa shape index (κ3) is 4.82. The lowest BCUT2D eigenvalue weighted by Gasteiger charge is -2.24. The van der Waals surface area contributed by atoms with Crippen molar-refractivity contribution in [3.63, 3.8) is 0 Å². The minimum atomic E-state index is -0.248. The van der Waals surface area contributed by atoms with Gasteiger partial charge >= 0.3 is 0 Å². The van der Waals surface area contributed by atoms with Gasteiger partial charge in [0, 0.05) is 37.0 Å². The Bertz CT molecular complexity index is 3190. The van der Waals surface area contributed by atoms with Gasteiger partial charge < -0.3 is 14.7 Å². The number of nitrogens with two attached hydrogens (primary N) is 1. The average Bonchev–Trinajstić information content (AvgIpc) is 3.93. The summed E-state index contributed by atoms with van der Waals surface area (Å²) in [5.74, 6) is 0. The van der Waals surface area contributed by atoms with E-state index in [9.17, 15) is 0 Å². The Morgan fingerprint density at radius 3 is 1.87 bits per heavy atom. The molecule has 11 aromatic rings. The molecule has 0 aliphatic rings. The van der Waals surface area contributed by atoms with E-state index in [2.05, 4.69) is 169 Å². The molecule has 5 heteroatoms. The van der Waals surface area contributed by atoms with Gasteiger partial charge in [0.25, 0.3) is 0 Å². The highest BCUT2D eigenvalue weighted by Crippen LogP contribution is 2.52. The van der Waals surface area contributed by atoms with Crippen molar-refractivity contribution in [3.8, 4) is 0 Å². The molecule has 0 saturated carbocycles. The molecule has 4 nitrogen and oxygen atoms in total. The predicted octanol–water partition coefficient (Wildman–Crippen LogP) is 13.9. The molecular weight excluding hydrogens is 679 g/mol. The summed E-state index contributed by atoms with van der Waals surface area (Å²) in [6, 6.07) is 54.4. The first-order chi connectivity index (χ1) is 26.8. The van der Waals surface area contributed by atoms with Crippen molar-refractivity contribution in [1.29, 1.82) is 0 Å². The molecule has 2 N–H and O–H groups in total. The highest BCUT2D eigenvalue weighted by Gasteiger charge is 2.32. The van der Waals surface area contributed by atoms with Crippen LogP contribution in [0.5, 0.6) is 0 Å². The minimum absolute atomic E-state index is 0.248. The van der Waals surface area contributed by atoms with Gasteiger partial charge in [0.05, 0.1) is 27.6 Å². The zero-order chi connectivity index (χ0) is 36.9. The molecule has 0 radical (unpaired) electrons. The van der Waals surface area contributed by atoms with Gasteiger partial charge in [-0.1, -0.05) is 153 Å². The SMILES string of the molecule is C=Nc1c(C(c2cccc3ccccc23)n2c3c4ccccc4ccc3c3c4ccccc4c4c5ccccc5oc4c32)sc2ccccc12.CC.CN. The maximum Gasteiger partial charge on any atom is 0.160 e. The number of para-hydroxylation sites is 1. The summed E-state index contributed by atoms with van der Waals surface area (Å²) < 4.78 is 10.8. The summed E-state index contributed by atoms with van der Waals surface area (Å²) in [6.07, 6.45) is 0. The van der Waals surface area contributed by atoms with Crippen molar-refractivity contribution in [2.75, 3.05) is 7.05 Å². The molecule has 8 aromatic carbocycles. The number of aliphatic imine (C=N–C) groups is 1. The first-order valence-corrected chi connectivity index (χ1v) is 19.3. The molecular formula is C49H39N3OS. The predicted molar refractivity (Wildman–Crippen MR) is 235 cm³/mol. The number of hydrogen-bond donors (Lipinski definition) is 1. The lowest BCUT2D eigenvalue weighted by Crippen LogP contribution is -2.12. The van der Waals surface area contributed by atoms with Crippen LogP contribution in [0.3, 0.4) is 0 Å². The molecule has 1 atom stereocenters. The standard InChI is InChI=1S/C46H28N2OS.C2H6.CH5N/c1-47-41-35-21-9-11-24-38(35)50-46(41)43(33-22-12-15-27-13-2-4-16-29(27)33)48-42-30-17-5-3-14-28(30)25-26-36(42)39-31-18-6-7-19-32(31)40-34-20-8-10-23-37(34)49-45(40)44(39)48;2*1-2/h2-26,43H,1H2;1-2H3;2H2,1H3. The Labute approximate surface area is 317 Å². The lowest BCUT2D eigenvalue weighted by atomic mass is 9.95.